The highest BCUT2D eigenvalue weighted by Gasteiger charge is 2.50. The van der Waals surface area contributed by atoms with E-state index in [-0.39, 0.29) is 12.5 Å². The molecule has 25 heavy (non-hydrogen) atoms. The lowest BCUT2D eigenvalue weighted by molar-refractivity contribution is -0.144. The molecule has 0 aliphatic carbocycles. The molecular weight excluding hydrogens is 342 g/mol. The van der Waals surface area contributed by atoms with E-state index in [1.54, 1.807) is 37.3 Å². The first-order valence-corrected chi connectivity index (χ1v) is 9.00. The molecule has 1 aliphatic rings. The van der Waals surface area contributed by atoms with Crippen LogP contribution in [0, 0.1) is 4.91 Å². The number of aliphatic carboxylic acids is 1. The van der Waals surface area contributed by atoms with E-state index in [1.165, 1.54) is 4.90 Å². The Morgan fingerprint density at radius 3 is 2.40 bits per heavy atom. The number of hydrogen-bond acceptors (Lipinski definition) is 6. The number of piperidine rings is 1. The van der Waals surface area contributed by atoms with Gasteiger partial charge in [0.05, 0.1) is 4.75 Å². The number of carbonyl (C=O) groups excluding carboxylic acids is 1. The van der Waals surface area contributed by atoms with Gasteiger partial charge in [-0.05, 0) is 52.0 Å². The van der Waals surface area contributed by atoms with Gasteiger partial charge in [-0.2, -0.15) is 0 Å². The number of rotatable bonds is 7. The van der Waals surface area contributed by atoms with Crippen molar-refractivity contribution in [2.75, 3.05) is 26.7 Å². The van der Waals surface area contributed by atoms with Crippen LogP contribution >= 0.6 is 11.9 Å². The van der Waals surface area contributed by atoms with Crippen molar-refractivity contribution in [2.24, 2.45) is 4.58 Å². The molecule has 0 bridgehead atoms. The molecule has 1 saturated heterocycles. The van der Waals surface area contributed by atoms with E-state index in [0.29, 0.717) is 31.5 Å². The van der Waals surface area contributed by atoms with Crippen LogP contribution in [0.15, 0.2) is 34.9 Å². The fourth-order valence-electron chi connectivity index (χ4n) is 3.32. The van der Waals surface area contributed by atoms with Crippen molar-refractivity contribution in [3.63, 3.8) is 0 Å². The summed E-state index contributed by atoms with van der Waals surface area (Å²) in [5, 5.41) is 9.92. The Labute approximate surface area is 151 Å². The molecule has 1 aliphatic heterocycles. The van der Waals surface area contributed by atoms with Crippen molar-refractivity contribution >= 4 is 23.8 Å². The number of carboxylic acid groups (broad SMARTS) is 1. The van der Waals surface area contributed by atoms with Crippen molar-refractivity contribution in [2.45, 2.75) is 30.6 Å². The summed E-state index contributed by atoms with van der Waals surface area (Å²) in [6.07, 6.45) is 0.963. The van der Waals surface area contributed by atoms with Gasteiger partial charge in [-0.1, -0.05) is 18.2 Å². The minimum absolute atomic E-state index is 0.238. The second-order valence-corrected chi connectivity index (χ2v) is 7.38. The number of hydrogen-bond donors (Lipinski definition) is 1. The molecule has 1 aromatic carbocycles. The number of benzene rings is 1. The van der Waals surface area contributed by atoms with Crippen LogP contribution in [0.2, 0.25) is 0 Å². The first kappa shape index (κ1) is 19.4. The van der Waals surface area contributed by atoms with E-state index < -0.39 is 16.8 Å². The minimum Gasteiger partial charge on any atom is -0.480 e. The summed E-state index contributed by atoms with van der Waals surface area (Å²) >= 11 is 0.763. The summed E-state index contributed by atoms with van der Waals surface area (Å²) in [6, 6.07) is 7.49. The summed E-state index contributed by atoms with van der Waals surface area (Å²) < 4.78 is 2.04. The molecule has 0 saturated carbocycles. The van der Waals surface area contributed by atoms with Gasteiger partial charge < -0.3 is 14.9 Å². The average Bonchev–Trinajstić information content (AvgIpc) is 2.62. The zero-order chi connectivity index (χ0) is 18.4. The Kier molecular flexibility index (Phi) is 6.55. The molecule has 1 amide bonds. The lowest BCUT2D eigenvalue weighted by Crippen LogP contribution is -2.60. The molecule has 2 rings (SSSR count). The van der Waals surface area contributed by atoms with Crippen molar-refractivity contribution in [3.05, 3.63) is 40.8 Å². The van der Waals surface area contributed by atoms with Gasteiger partial charge in [0.15, 0.2) is 0 Å². The third kappa shape index (κ3) is 4.19. The fraction of sp³-hybridized carbons (Fsp3) is 0.529. The number of nitroso groups, excluding NO2 is 1. The molecular formula is C17H23N3O4S. The predicted octanol–water partition coefficient (Wildman–Crippen LogP) is 2.48. The lowest BCUT2D eigenvalue weighted by Gasteiger charge is -2.45. The third-order valence-corrected chi connectivity index (χ3v) is 5.79. The third-order valence-electron chi connectivity index (χ3n) is 4.72. The molecule has 1 aromatic rings. The van der Waals surface area contributed by atoms with Crippen LogP contribution in [-0.4, -0.2) is 64.3 Å². The first-order valence-electron chi connectivity index (χ1n) is 8.23. The van der Waals surface area contributed by atoms with Crippen LogP contribution in [-0.2, 0) is 4.79 Å². The van der Waals surface area contributed by atoms with Crippen molar-refractivity contribution in [1.82, 2.24) is 9.80 Å². The summed E-state index contributed by atoms with van der Waals surface area (Å²) in [4.78, 5) is 39.5. The maximum absolute atomic E-state index is 12.9. The van der Waals surface area contributed by atoms with Gasteiger partial charge >= 0.3 is 5.97 Å². The number of likely N-dealkylation sites (tertiary alicyclic amines) is 1. The number of likely N-dealkylation sites (N-methyl/N-ethyl adjacent to an activating group) is 1. The smallest absolute Gasteiger partial charge is 0.327 e. The SMILES string of the molecule is CCN(C(=O)c1ccccc1)C(C(=O)O)C1(SN=O)CCN(C)CC1. The Bertz CT molecular complexity index is 618. The molecule has 1 N–H and O–H groups in total. The average molecular weight is 365 g/mol. The summed E-state index contributed by atoms with van der Waals surface area (Å²) in [6.45, 7) is 3.30. The van der Waals surface area contributed by atoms with Crippen LogP contribution in [0.25, 0.3) is 0 Å². The molecule has 0 aromatic heterocycles. The number of amides is 1. The molecule has 1 heterocycles. The highest BCUT2D eigenvalue weighted by Crippen LogP contribution is 2.42. The zero-order valence-corrected chi connectivity index (χ0v) is 15.2. The van der Waals surface area contributed by atoms with Gasteiger partial charge in [-0.15, -0.1) is 4.91 Å². The van der Waals surface area contributed by atoms with E-state index in [2.05, 4.69) is 9.48 Å². The largest absolute Gasteiger partial charge is 0.480 e. The molecule has 0 radical (unpaired) electrons. The summed E-state index contributed by atoms with van der Waals surface area (Å²) in [7, 11) is 1.95. The van der Waals surface area contributed by atoms with E-state index in [9.17, 15) is 19.6 Å². The van der Waals surface area contributed by atoms with Gasteiger partial charge in [0.25, 0.3) is 5.91 Å². The maximum Gasteiger partial charge on any atom is 0.327 e. The molecule has 7 nitrogen and oxygen atoms in total. The molecule has 1 atom stereocenters. The first-order chi connectivity index (χ1) is 11.9. The molecule has 1 fully saturated rings. The van der Waals surface area contributed by atoms with Gasteiger partial charge in [0.1, 0.15) is 6.04 Å². The van der Waals surface area contributed by atoms with E-state index in [4.69, 9.17) is 0 Å². The van der Waals surface area contributed by atoms with Crippen molar-refractivity contribution in [3.8, 4) is 0 Å². The highest BCUT2D eigenvalue weighted by atomic mass is 32.2. The number of nitrogens with zero attached hydrogens (tertiary/aromatic N) is 3. The molecule has 1 unspecified atom stereocenters. The Morgan fingerprint density at radius 1 is 1.32 bits per heavy atom. The summed E-state index contributed by atoms with van der Waals surface area (Å²) in [5.74, 6) is -1.45. The highest BCUT2D eigenvalue weighted by molar-refractivity contribution is 7.99. The lowest BCUT2D eigenvalue weighted by atomic mass is 9.86. The monoisotopic (exact) mass is 365 g/mol. The Balaban J connectivity index is 2.40. The second kappa shape index (κ2) is 8.44. The molecule has 8 heteroatoms. The fourth-order valence-corrected chi connectivity index (χ4v) is 4.16. The molecule has 0 spiro atoms. The summed E-state index contributed by atoms with van der Waals surface area (Å²) in [5.41, 5.74) is 0.433. The Morgan fingerprint density at radius 2 is 1.92 bits per heavy atom. The maximum atomic E-state index is 12.9. The van der Waals surface area contributed by atoms with Gasteiger partial charge in [-0.3, -0.25) is 4.79 Å². The van der Waals surface area contributed by atoms with E-state index in [0.717, 1.165) is 11.9 Å². The van der Waals surface area contributed by atoms with Crippen LogP contribution in [0.3, 0.4) is 0 Å². The topological polar surface area (TPSA) is 90.3 Å². The molecule has 136 valence electrons. The van der Waals surface area contributed by atoms with Crippen LogP contribution < -0.4 is 0 Å². The van der Waals surface area contributed by atoms with Crippen LogP contribution in [0.5, 0.6) is 0 Å². The van der Waals surface area contributed by atoms with Crippen molar-refractivity contribution in [1.29, 1.82) is 0 Å². The van der Waals surface area contributed by atoms with Crippen molar-refractivity contribution < 1.29 is 14.7 Å². The standard InChI is InChI=1S/C17H23N3O4S/c1-3-20(15(21)13-7-5-4-6-8-13)14(16(22)23)17(25-18-24)9-11-19(2)12-10-17/h4-8,14H,3,9-12H2,1-2H3,(H,22,23). The van der Waals surface area contributed by atoms with Gasteiger partial charge in [0.2, 0.25) is 0 Å². The normalized spacial score (nSPS) is 18.3. The van der Waals surface area contributed by atoms with Gasteiger partial charge in [0, 0.05) is 28.6 Å². The quantitative estimate of drug-likeness (QED) is 0.590. The predicted molar refractivity (Wildman–Crippen MR) is 97.4 cm³/mol. The number of carboxylic acids is 1. The van der Waals surface area contributed by atoms with Gasteiger partial charge in [-0.25, -0.2) is 4.79 Å². The minimum atomic E-state index is -1.11. The van der Waals surface area contributed by atoms with Crippen LogP contribution in [0.4, 0.5) is 0 Å². The van der Waals surface area contributed by atoms with Crippen LogP contribution in [0.1, 0.15) is 30.1 Å². The number of carbonyl (C=O) groups is 2. The van der Waals surface area contributed by atoms with E-state index >= 15 is 0 Å². The second-order valence-electron chi connectivity index (χ2n) is 6.23. The van der Waals surface area contributed by atoms with E-state index in [1.807, 2.05) is 7.05 Å². The Hall–Kier alpha value is -1.93. The zero-order valence-electron chi connectivity index (χ0n) is 14.4.